The van der Waals surface area contributed by atoms with E-state index in [1.807, 2.05) is 42.5 Å². The Morgan fingerprint density at radius 3 is 2.28 bits per heavy atom. The molecule has 0 atom stereocenters. The van der Waals surface area contributed by atoms with Crippen molar-refractivity contribution in [3.8, 4) is 17.2 Å². The summed E-state index contributed by atoms with van der Waals surface area (Å²) in [7, 11) is 0. The minimum absolute atomic E-state index is 0.0603. The second kappa shape index (κ2) is 7.41. The van der Waals surface area contributed by atoms with Crippen LogP contribution in [0.1, 0.15) is 37.8 Å². The van der Waals surface area contributed by atoms with Gasteiger partial charge in [0, 0.05) is 5.92 Å². The first kappa shape index (κ1) is 18.7. The van der Waals surface area contributed by atoms with E-state index in [0.29, 0.717) is 5.56 Å². The Hall–Kier alpha value is -3.63. The molecule has 2 amide bonds. The molecule has 0 saturated carbocycles. The number of carbonyl (C=O) groups is 2. The normalized spacial score (nSPS) is 12.0. The Bertz CT molecular complexity index is 1130. The number of rotatable bonds is 4. The van der Waals surface area contributed by atoms with Gasteiger partial charge in [-0.3, -0.25) is 10.1 Å². The van der Waals surface area contributed by atoms with E-state index in [4.69, 9.17) is 10.5 Å². The minimum Gasteiger partial charge on any atom is -0.448 e. The van der Waals surface area contributed by atoms with E-state index in [2.05, 4.69) is 17.4 Å². The average Bonchev–Trinajstić information content (AvgIpc) is 3.21. The van der Waals surface area contributed by atoms with Crippen LogP contribution in [0.2, 0.25) is 0 Å². The second-order valence-electron chi connectivity index (χ2n) is 6.69. The summed E-state index contributed by atoms with van der Waals surface area (Å²) in [5.74, 6) is -0.695. The minimum atomic E-state index is -0.680. The van der Waals surface area contributed by atoms with Gasteiger partial charge in [-0.1, -0.05) is 48.5 Å². The van der Waals surface area contributed by atoms with Gasteiger partial charge in [-0.15, -0.1) is 11.3 Å². The summed E-state index contributed by atoms with van der Waals surface area (Å²) in [5.41, 5.74) is 10.5. The smallest absolute Gasteiger partial charge is 0.412 e. The highest BCUT2D eigenvalue weighted by atomic mass is 32.1. The lowest BCUT2D eigenvalue weighted by Gasteiger charge is -2.14. The van der Waals surface area contributed by atoms with Gasteiger partial charge in [-0.2, -0.15) is 5.26 Å². The molecule has 6 nitrogen and oxygen atoms in total. The topological polar surface area (TPSA) is 105 Å². The molecule has 0 unspecified atom stereocenters. The Morgan fingerprint density at radius 2 is 1.72 bits per heavy atom. The van der Waals surface area contributed by atoms with Crippen LogP contribution in [0.25, 0.3) is 11.1 Å². The average molecular weight is 403 g/mol. The first-order chi connectivity index (χ1) is 14.0. The van der Waals surface area contributed by atoms with E-state index < -0.39 is 12.0 Å². The predicted octanol–water partition coefficient (Wildman–Crippen LogP) is 4.39. The first-order valence-corrected chi connectivity index (χ1v) is 9.78. The van der Waals surface area contributed by atoms with E-state index in [1.165, 1.54) is 0 Å². The number of nitriles is 1. The van der Waals surface area contributed by atoms with Gasteiger partial charge in [0.05, 0.1) is 10.4 Å². The molecule has 1 aromatic heterocycles. The van der Waals surface area contributed by atoms with Gasteiger partial charge >= 0.3 is 6.09 Å². The number of carbonyl (C=O) groups excluding carboxylic acids is 2. The largest absolute Gasteiger partial charge is 0.448 e. The van der Waals surface area contributed by atoms with Crippen LogP contribution in [-0.2, 0) is 4.74 Å². The molecule has 1 aliphatic carbocycles. The molecule has 0 radical (unpaired) electrons. The van der Waals surface area contributed by atoms with E-state index >= 15 is 0 Å². The fraction of sp³-hybridized carbons (Fsp3) is 0.136. The van der Waals surface area contributed by atoms with Crippen molar-refractivity contribution < 1.29 is 14.3 Å². The van der Waals surface area contributed by atoms with Gasteiger partial charge in [0.2, 0.25) is 0 Å². The molecule has 2 aromatic carbocycles. The number of thiophene rings is 1. The van der Waals surface area contributed by atoms with E-state index in [9.17, 15) is 14.9 Å². The number of anilines is 1. The molecule has 1 heterocycles. The summed E-state index contributed by atoms with van der Waals surface area (Å²) >= 11 is 0.973. The molecule has 4 rings (SSSR count). The Labute approximate surface area is 171 Å². The van der Waals surface area contributed by atoms with Gasteiger partial charge in [-0.05, 0) is 34.7 Å². The van der Waals surface area contributed by atoms with Gasteiger partial charge in [0.25, 0.3) is 5.91 Å². The highest BCUT2D eigenvalue weighted by Crippen LogP contribution is 2.44. The molecule has 0 aliphatic heterocycles. The van der Waals surface area contributed by atoms with Crippen LogP contribution in [0.15, 0.2) is 48.5 Å². The zero-order valence-electron chi connectivity index (χ0n) is 15.6. The second-order valence-corrected chi connectivity index (χ2v) is 7.71. The highest BCUT2D eigenvalue weighted by Gasteiger charge is 2.29. The van der Waals surface area contributed by atoms with Crippen molar-refractivity contribution in [1.82, 2.24) is 0 Å². The molecule has 3 N–H and O–H groups in total. The number of amides is 2. The van der Waals surface area contributed by atoms with Gasteiger partial charge in [-0.25, -0.2) is 4.79 Å². The van der Waals surface area contributed by atoms with Crippen molar-refractivity contribution in [2.75, 3.05) is 11.9 Å². The summed E-state index contributed by atoms with van der Waals surface area (Å²) < 4.78 is 5.48. The van der Waals surface area contributed by atoms with E-state index in [0.717, 1.165) is 33.6 Å². The third kappa shape index (κ3) is 3.24. The van der Waals surface area contributed by atoms with Crippen molar-refractivity contribution in [3.05, 3.63) is 75.7 Å². The Balaban J connectivity index is 1.52. The number of benzene rings is 2. The summed E-state index contributed by atoms with van der Waals surface area (Å²) in [6.45, 7) is 1.78. The van der Waals surface area contributed by atoms with Crippen LogP contribution in [0.3, 0.4) is 0 Å². The lowest BCUT2D eigenvalue weighted by molar-refractivity contribution is 0.100. The van der Waals surface area contributed by atoms with Crippen LogP contribution >= 0.6 is 11.3 Å². The van der Waals surface area contributed by atoms with Gasteiger partial charge in [0.1, 0.15) is 17.7 Å². The SMILES string of the molecule is Cc1c(C(N)=O)sc(NC(=O)OCC2c3ccccc3-c3ccccc32)c1C#N. The monoisotopic (exact) mass is 403 g/mol. The fourth-order valence-corrected chi connectivity index (χ4v) is 4.69. The number of hydrogen-bond donors (Lipinski definition) is 2. The van der Waals surface area contributed by atoms with Crippen molar-refractivity contribution >= 4 is 28.3 Å². The van der Waals surface area contributed by atoms with Gasteiger partial charge in [0.15, 0.2) is 0 Å². The van der Waals surface area contributed by atoms with Crippen LogP contribution in [0.4, 0.5) is 9.80 Å². The summed E-state index contributed by atoms with van der Waals surface area (Å²) in [4.78, 5) is 24.1. The number of ether oxygens (including phenoxy) is 1. The van der Waals surface area contributed by atoms with Crippen molar-refractivity contribution in [2.45, 2.75) is 12.8 Å². The quantitative estimate of drug-likeness (QED) is 0.674. The number of nitrogens with two attached hydrogens (primary N) is 1. The highest BCUT2D eigenvalue weighted by molar-refractivity contribution is 7.18. The van der Waals surface area contributed by atoms with Crippen molar-refractivity contribution in [3.63, 3.8) is 0 Å². The summed E-state index contributed by atoms with van der Waals surface area (Å²) in [6.07, 6.45) is -0.680. The van der Waals surface area contributed by atoms with Crippen LogP contribution in [0.5, 0.6) is 0 Å². The standard InChI is InChI=1S/C22H17N3O3S/c1-12-17(10-23)21(29-19(12)20(24)26)25-22(27)28-11-18-15-8-4-2-6-13(15)14-7-3-5-9-16(14)18/h2-9,18H,11H2,1H3,(H2,24,26)(H,25,27). The number of fused-ring (bicyclic) bond motifs is 3. The van der Waals surface area contributed by atoms with Gasteiger partial charge < -0.3 is 10.5 Å². The maximum atomic E-state index is 12.4. The van der Waals surface area contributed by atoms with E-state index in [-0.39, 0.29) is 28.0 Å². The first-order valence-electron chi connectivity index (χ1n) is 8.96. The fourth-order valence-electron chi connectivity index (χ4n) is 3.70. The molecule has 0 saturated heterocycles. The van der Waals surface area contributed by atoms with Crippen LogP contribution in [-0.4, -0.2) is 18.6 Å². The molecule has 0 fully saturated rings. The van der Waals surface area contributed by atoms with Crippen molar-refractivity contribution in [1.29, 1.82) is 5.26 Å². The molecule has 29 heavy (non-hydrogen) atoms. The third-order valence-corrected chi connectivity index (χ3v) is 6.26. The van der Waals surface area contributed by atoms with Crippen LogP contribution in [0, 0.1) is 18.3 Å². The molecule has 1 aliphatic rings. The Morgan fingerprint density at radius 1 is 1.14 bits per heavy atom. The predicted molar refractivity (Wildman–Crippen MR) is 111 cm³/mol. The maximum Gasteiger partial charge on any atom is 0.412 e. The zero-order valence-corrected chi connectivity index (χ0v) is 16.4. The number of nitrogens with one attached hydrogen (secondary N) is 1. The lowest BCUT2D eigenvalue weighted by atomic mass is 9.98. The summed E-state index contributed by atoms with van der Waals surface area (Å²) in [6, 6.07) is 18.1. The number of primary amides is 1. The molecular weight excluding hydrogens is 386 g/mol. The molecule has 0 spiro atoms. The molecular formula is C22H17N3O3S. The maximum absolute atomic E-state index is 12.4. The lowest BCUT2D eigenvalue weighted by Crippen LogP contribution is -2.17. The molecule has 144 valence electrons. The third-order valence-electron chi connectivity index (χ3n) is 5.04. The van der Waals surface area contributed by atoms with Crippen LogP contribution < -0.4 is 11.1 Å². The molecule has 0 bridgehead atoms. The van der Waals surface area contributed by atoms with Crippen molar-refractivity contribution in [2.24, 2.45) is 5.73 Å². The molecule has 3 aromatic rings. The molecule has 7 heteroatoms. The van der Waals surface area contributed by atoms with E-state index in [1.54, 1.807) is 6.92 Å². The number of nitrogens with zero attached hydrogens (tertiary/aromatic N) is 1. The number of hydrogen-bond acceptors (Lipinski definition) is 5. The zero-order chi connectivity index (χ0) is 20.5. The summed E-state index contributed by atoms with van der Waals surface area (Å²) in [5, 5.41) is 12.2. The Kier molecular flexibility index (Phi) is 4.79.